The first-order valence-electron chi connectivity index (χ1n) is 5.48. The van der Waals surface area contributed by atoms with Gasteiger partial charge in [0.2, 0.25) is 0 Å². The second kappa shape index (κ2) is 4.82. The molecule has 0 radical (unpaired) electrons. The Kier molecular flexibility index (Phi) is 3.22. The molecule has 0 fully saturated rings. The Hall–Kier alpha value is -1.51. The van der Waals surface area contributed by atoms with E-state index in [9.17, 15) is 0 Å². The molecule has 1 aliphatic rings. The van der Waals surface area contributed by atoms with E-state index in [2.05, 4.69) is 16.4 Å². The molecule has 0 saturated heterocycles. The maximum Gasteiger partial charge on any atom is 0.125 e. The number of hydrogen-bond donors (Lipinski definition) is 2. The van der Waals surface area contributed by atoms with Gasteiger partial charge in [-0.1, -0.05) is 11.6 Å². The Balaban J connectivity index is 1.78. The zero-order chi connectivity index (χ0) is 10.5. The molecule has 0 unspecified atom stereocenters. The summed E-state index contributed by atoms with van der Waals surface area (Å²) in [5.74, 6) is 0.570. The van der Waals surface area contributed by atoms with Crippen molar-refractivity contribution in [2.45, 2.75) is 25.7 Å². The molecule has 1 aromatic rings. The molecule has 0 aliphatic heterocycles. The van der Waals surface area contributed by atoms with Crippen molar-refractivity contribution in [3.63, 3.8) is 0 Å². The average molecular weight is 203 g/mol. The lowest BCUT2D eigenvalue weighted by molar-refractivity contribution is 0.863. The Morgan fingerprint density at radius 1 is 1.47 bits per heavy atom. The van der Waals surface area contributed by atoms with Crippen molar-refractivity contribution in [1.82, 2.24) is 4.98 Å². The first-order valence-corrected chi connectivity index (χ1v) is 5.48. The Morgan fingerprint density at radius 2 is 2.40 bits per heavy atom. The summed E-state index contributed by atoms with van der Waals surface area (Å²) < 4.78 is 0. The van der Waals surface area contributed by atoms with Crippen LogP contribution < -0.4 is 11.1 Å². The number of aromatic nitrogens is 1. The number of anilines is 2. The summed E-state index contributed by atoms with van der Waals surface area (Å²) in [7, 11) is 0. The lowest BCUT2D eigenvalue weighted by atomic mass is 10.1. The number of hydrogen-bond acceptors (Lipinski definition) is 3. The highest BCUT2D eigenvalue weighted by Gasteiger charge is 2.03. The zero-order valence-electron chi connectivity index (χ0n) is 8.87. The predicted octanol–water partition coefficient (Wildman–Crippen LogP) is 2.58. The van der Waals surface area contributed by atoms with E-state index in [1.165, 1.54) is 19.3 Å². The quantitative estimate of drug-likeness (QED) is 0.739. The van der Waals surface area contributed by atoms with E-state index in [1.807, 2.05) is 12.1 Å². The van der Waals surface area contributed by atoms with Crippen molar-refractivity contribution in [3.05, 3.63) is 30.0 Å². The van der Waals surface area contributed by atoms with Crippen molar-refractivity contribution < 1.29 is 0 Å². The molecule has 2 rings (SSSR count). The van der Waals surface area contributed by atoms with Crippen LogP contribution in [0.25, 0.3) is 0 Å². The van der Waals surface area contributed by atoms with Gasteiger partial charge in [-0.3, -0.25) is 0 Å². The molecule has 1 aromatic heterocycles. The van der Waals surface area contributed by atoms with E-state index in [4.69, 9.17) is 5.73 Å². The second-order valence-corrected chi connectivity index (χ2v) is 3.90. The minimum atomic E-state index is 0.570. The highest BCUT2D eigenvalue weighted by Crippen LogP contribution is 2.20. The topological polar surface area (TPSA) is 50.9 Å². The smallest absolute Gasteiger partial charge is 0.125 e. The lowest BCUT2D eigenvalue weighted by Gasteiger charge is -2.06. The molecule has 80 valence electrons. The zero-order valence-corrected chi connectivity index (χ0v) is 8.87. The van der Waals surface area contributed by atoms with E-state index < -0.39 is 0 Å². The van der Waals surface area contributed by atoms with Crippen LogP contribution in [0.3, 0.4) is 0 Å². The first kappa shape index (κ1) is 10.0. The first-order chi connectivity index (χ1) is 7.34. The van der Waals surface area contributed by atoms with Gasteiger partial charge in [0.25, 0.3) is 0 Å². The third kappa shape index (κ3) is 2.98. The van der Waals surface area contributed by atoms with Gasteiger partial charge in [-0.15, -0.1) is 0 Å². The maximum atomic E-state index is 5.59. The van der Waals surface area contributed by atoms with Crippen LogP contribution in [0.5, 0.6) is 0 Å². The van der Waals surface area contributed by atoms with Crippen LogP contribution >= 0.6 is 0 Å². The third-order valence-corrected chi connectivity index (χ3v) is 2.69. The van der Waals surface area contributed by atoms with Crippen LogP contribution in [0.1, 0.15) is 25.7 Å². The lowest BCUT2D eigenvalue weighted by Crippen LogP contribution is -2.03. The summed E-state index contributed by atoms with van der Waals surface area (Å²) in [6.45, 7) is 0.981. The minimum Gasteiger partial charge on any atom is -0.385 e. The number of pyridine rings is 1. The summed E-state index contributed by atoms with van der Waals surface area (Å²) in [6.07, 6.45) is 9.10. The maximum absolute atomic E-state index is 5.59. The number of rotatable bonds is 4. The van der Waals surface area contributed by atoms with Crippen LogP contribution in [0, 0.1) is 0 Å². The fourth-order valence-electron chi connectivity index (χ4n) is 1.89. The van der Waals surface area contributed by atoms with Gasteiger partial charge in [0.05, 0.1) is 0 Å². The number of nitrogens with one attached hydrogen (secondary N) is 1. The molecule has 0 amide bonds. The summed E-state index contributed by atoms with van der Waals surface area (Å²) in [5.41, 5.74) is 8.23. The van der Waals surface area contributed by atoms with E-state index >= 15 is 0 Å². The highest BCUT2D eigenvalue weighted by atomic mass is 14.9. The van der Waals surface area contributed by atoms with E-state index in [0.717, 1.165) is 18.7 Å². The average Bonchev–Trinajstić information content (AvgIpc) is 2.71. The van der Waals surface area contributed by atoms with Crippen LogP contribution in [0.4, 0.5) is 11.5 Å². The van der Waals surface area contributed by atoms with Crippen molar-refractivity contribution in [3.8, 4) is 0 Å². The number of nitrogens with two attached hydrogens (primary N) is 1. The molecule has 0 bridgehead atoms. The SMILES string of the molecule is Nc1cc(NCCC2=CCCC2)ccn1. The van der Waals surface area contributed by atoms with E-state index in [0.29, 0.717) is 5.82 Å². The Morgan fingerprint density at radius 3 is 3.13 bits per heavy atom. The van der Waals surface area contributed by atoms with Crippen molar-refractivity contribution in [1.29, 1.82) is 0 Å². The van der Waals surface area contributed by atoms with Crippen LogP contribution in [-0.4, -0.2) is 11.5 Å². The number of allylic oxidation sites excluding steroid dienone is 1. The van der Waals surface area contributed by atoms with E-state index in [1.54, 1.807) is 11.8 Å². The van der Waals surface area contributed by atoms with Crippen molar-refractivity contribution in [2.75, 3.05) is 17.6 Å². The second-order valence-electron chi connectivity index (χ2n) is 3.90. The number of nitrogen functional groups attached to an aromatic ring is 1. The predicted molar refractivity (Wildman–Crippen MR) is 63.7 cm³/mol. The molecule has 3 nitrogen and oxygen atoms in total. The molecule has 0 aromatic carbocycles. The van der Waals surface area contributed by atoms with Gasteiger partial charge in [0, 0.05) is 24.5 Å². The van der Waals surface area contributed by atoms with Crippen LogP contribution in [0.15, 0.2) is 30.0 Å². The van der Waals surface area contributed by atoms with Gasteiger partial charge in [0.15, 0.2) is 0 Å². The monoisotopic (exact) mass is 203 g/mol. The summed E-state index contributed by atoms with van der Waals surface area (Å²) in [5, 5.41) is 3.35. The molecule has 3 heteroatoms. The largest absolute Gasteiger partial charge is 0.385 e. The fraction of sp³-hybridized carbons (Fsp3) is 0.417. The highest BCUT2D eigenvalue weighted by molar-refractivity contribution is 5.49. The van der Waals surface area contributed by atoms with Gasteiger partial charge in [-0.2, -0.15) is 0 Å². The molecular formula is C12H17N3. The van der Waals surface area contributed by atoms with Gasteiger partial charge < -0.3 is 11.1 Å². The minimum absolute atomic E-state index is 0.570. The van der Waals surface area contributed by atoms with Crippen LogP contribution in [0.2, 0.25) is 0 Å². The third-order valence-electron chi connectivity index (χ3n) is 2.69. The van der Waals surface area contributed by atoms with Crippen molar-refractivity contribution >= 4 is 11.5 Å². The standard InChI is InChI=1S/C12H17N3/c13-12-9-11(6-8-15-12)14-7-5-10-3-1-2-4-10/h3,6,8-9H,1-2,4-5,7H2,(H3,13,14,15). The normalized spacial score (nSPS) is 15.1. The van der Waals surface area contributed by atoms with Gasteiger partial charge in [-0.05, 0) is 31.7 Å². The molecule has 0 spiro atoms. The molecule has 1 heterocycles. The summed E-state index contributed by atoms with van der Waals surface area (Å²) >= 11 is 0. The van der Waals surface area contributed by atoms with E-state index in [-0.39, 0.29) is 0 Å². The fourth-order valence-corrected chi connectivity index (χ4v) is 1.89. The molecule has 1 aliphatic carbocycles. The van der Waals surface area contributed by atoms with Gasteiger partial charge >= 0.3 is 0 Å². The van der Waals surface area contributed by atoms with Gasteiger partial charge in [-0.25, -0.2) is 4.98 Å². The van der Waals surface area contributed by atoms with Crippen molar-refractivity contribution in [2.24, 2.45) is 0 Å². The molecule has 0 atom stereocenters. The van der Waals surface area contributed by atoms with Gasteiger partial charge in [0.1, 0.15) is 5.82 Å². The molecular weight excluding hydrogens is 186 g/mol. The molecule has 0 saturated carbocycles. The molecule has 3 N–H and O–H groups in total. The summed E-state index contributed by atoms with van der Waals surface area (Å²) in [4.78, 5) is 3.95. The Labute approximate surface area is 90.4 Å². The Bertz CT molecular complexity index is 358. The molecule has 15 heavy (non-hydrogen) atoms. The summed E-state index contributed by atoms with van der Waals surface area (Å²) in [6, 6.07) is 3.81. The number of nitrogens with zero attached hydrogens (tertiary/aromatic N) is 1. The van der Waals surface area contributed by atoms with Crippen LogP contribution in [-0.2, 0) is 0 Å².